The van der Waals surface area contributed by atoms with Crippen LogP contribution in [-0.2, 0) is 14.8 Å². The fourth-order valence-corrected chi connectivity index (χ4v) is 5.04. The predicted molar refractivity (Wildman–Crippen MR) is 100.0 cm³/mol. The number of nitrogens with one attached hydrogen (secondary N) is 2. The first-order chi connectivity index (χ1) is 12.5. The number of ether oxygens (including phenoxy) is 1. The zero-order valence-electron chi connectivity index (χ0n) is 14.7. The van der Waals surface area contributed by atoms with E-state index >= 15 is 0 Å². The molecule has 1 amide bonds. The highest BCUT2D eigenvalue weighted by Crippen LogP contribution is 2.24. The van der Waals surface area contributed by atoms with Crippen LogP contribution in [0.4, 0.5) is 0 Å². The van der Waals surface area contributed by atoms with Crippen molar-refractivity contribution in [2.75, 3.05) is 13.2 Å². The fourth-order valence-electron chi connectivity index (χ4n) is 3.45. The van der Waals surface area contributed by atoms with Gasteiger partial charge in [-0.3, -0.25) is 4.79 Å². The van der Waals surface area contributed by atoms with E-state index in [1.807, 2.05) is 0 Å². The van der Waals surface area contributed by atoms with Crippen LogP contribution < -0.4 is 10.0 Å². The third-order valence-corrected chi connectivity index (χ3v) is 6.85. The number of halogens is 1. The Morgan fingerprint density at radius 1 is 1.15 bits per heavy atom. The lowest BCUT2D eigenvalue weighted by Gasteiger charge is -2.23. The zero-order valence-corrected chi connectivity index (χ0v) is 16.2. The van der Waals surface area contributed by atoms with Gasteiger partial charge >= 0.3 is 0 Å². The van der Waals surface area contributed by atoms with E-state index in [2.05, 4.69) is 10.0 Å². The van der Waals surface area contributed by atoms with Crippen molar-refractivity contribution in [3.8, 4) is 0 Å². The first kappa shape index (κ1) is 19.6. The van der Waals surface area contributed by atoms with E-state index < -0.39 is 10.0 Å². The Balaban J connectivity index is 1.70. The maximum Gasteiger partial charge on any atom is 0.251 e. The maximum absolute atomic E-state index is 12.6. The quantitative estimate of drug-likeness (QED) is 0.768. The van der Waals surface area contributed by atoms with Gasteiger partial charge in [-0.1, -0.05) is 30.9 Å². The molecule has 26 heavy (non-hydrogen) atoms. The maximum atomic E-state index is 12.6. The molecule has 1 aromatic carbocycles. The second-order valence-electron chi connectivity index (χ2n) is 6.94. The van der Waals surface area contributed by atoms with E-state index in [9.17, 15) is 13.2 Å². The van der Waals surface area contributed by atoms with Crippen LogP contribution in [0.5, 0.6) is 0 Å². The molecule has 2 N–H and O–H groups in total. The third kappa shape index (κ3) is 4.97. The molecule has 1 saturated carbocycles. The van der Waals surface area contributed by atoms with Crippen LogP contribution in [0.1, 0.15) is 55.3 Å². The Morgan fingerprint density at radius 3 is 2.62 bits per heavy atom. The molecule has 6 nitrogen and oxygen atoms in total. The predicted octanol–water partition coefficient (Wildman–Crippen LogP) is 2.86. The second-order valence-corrected chi connectivity index (χ2v) is 9.08. The summed E-state index contributed by atoms with van der Waals surface area (Å²) in [6.45, 7) is 0.862. The minimum Gasteiger partial charge on any atom is -0.377 e. The summed E-state index contributed by atoms with van der Waals surface area (Å²) in [5, 5.41) is 3.09. The van der Waals surface area contributed by atoms with Crippen molar-refractivity contribution >= 4 is 27.5 Å². The fraction of sp³-hybridized carbons (Fsp3) is 0.611. The Bertz CT molecular complexity index is 742. The van der Waals surface area contributed by atoms with Crippen LogP contribution in [0.3, 0.4) is 0 Å². The van der Waals surface area contributed by atoms with Gasteiger partial charge < -0.3 is 10.1 Å². The van der Waals surface area contributed by atoms with Crippen molar-refractivity contribution in [3.63, 3.8) is 0 Å². The molecule has 0 spiro atoms. The first-order valence-electron chi connectivity index (χ1n) is 9.17. The molecule has 8 heteroatoms. The molecule has 144 valence electrons. The van der Waals surface area contributed by atoms with E-state index in [4.69, 9.17) is 16.3 Å². The van der Waals surface area contributed by atoms with Gasteiger partial charge in [0, 0.05) is 24.8 Å². The first-order valence-corrected chi connectivity index (χ1v) is 11.0. The van der Waals surface area contributed by atoms with Crippen molar-refractivity contribution in [1.29, 1.82) is 0 Å². The van der Waals surface area contributed by atoms with Gasteiger partial charge in [-0.05, 0) is 43.9 Å². The van der Waals surface area contributed by atoms with Gasteiger partial charge in [0.25, 0.3) is 5.91 Å². The molecule has 2 fully saturated rings. The molecule has 3 rings (SSSR count). The lowest BCUT2D eigenvalue weighted by atomic mass is 9.95. The standard InChI is InChI=1S/C18H25ClN2O4S/c19-16-9-8-13(18(22)21-14-5-2-1-3-6-14)11-17(16)26(23,24)20-12-15-7-4-10-25-15/h8-9,11,14-15,20H,1-7,10,12H2,(H,21,22). The van der Waals surface area contributed by atoms with Crippen LogP contribution >= 0.6 is 11.6 Å². The van der Waals surface area contributed by atoms with E-state index in [-0.39, 0.29) is 34.5 Å². The lowest BCUT2D eigenvalue weighted by Crippen LogP contribution is -2.36. The van der Waals surface area contributed by atoms with Crippen molar-refractivity contribution in [3.05, 3.63) is 28.8 Å². The van der Waals surface area contributed by atoms with Gasteiger partial charge in [-0.2, -0.15) is 0 Å². The van der Waals surface area contributed by atoms with Crippen LogP contribution in [0.2, 0.25) is 5.02 Å². The Morgan fingerprint density at radius 2 is 1.92 bits per heavy atom. The number of hydrogen-bond acceptors (Lipinski definition) is 4. The highest BCUT2D eigenvalue weighted by molar-refractivity contribution is 7.89. The van der Waals surface area contributed by atoms with E-state index in [0.29, 0.717) is 12.2 Å². The molecule has 1 atom stereocenters. The molecule has 0 radical (unpaired) electrons. The van der Waals surface area contributed by atoms with Gasteiger partial charge in [0.2, 0.25) is 10.0 Å². The Labute approximate surface area is 159 Å². The molecule has 1 heterocycles. The number of sulfonamides is 1. The number of rotatable bonds is 6. The SMILES string of the molecule is O=C(NC1CCCCC1)c1ccc(Cl)c(S(=O)(=O)NCC2CCCO2)c1. The molecular formula is C18H25ClN2O4S. The van der Waals surface area contributed by atoms with Crippen LogP contribution in [0.15, 0.2) is 23.1 Å². The number of carbonyl (C=O) groups excluding carboxylic acids is 1. The van der Waals surface area contributed by atoms with Crippen molar-refractivity contribution < 1.29 is 17.9 Å². The average molecular weight is 401 g/mol. The van der Waals surface area contributed by atoms with Gasteiger partial charge in [-0.25, -0.2) is 13.1 Å². The summed E-state index contributed by atoms with van der Waals surface area (Å²) >= 11 is 6.09. The molecule has 1 aliphatic carbocycles. The molecular weight excluding hydrogens is 376 g/mol. The monoisotopic (exact) mass is 400 g/mol. The summed E-state index contributed by atoms with van der Waals surface area (Å²) in [7, 11) is -3.81. The Hall–Kier alpha value is -1.15. The number of benzene rings is 1. The summed E-state index contributed by atoms with van der Waals surface area (Å²) < 4.78 is 33.2. The second kappa shape index (κ2) is 8.69. The van der Waals surface area contributed by atoms with Crippen molar-refractivity contribution in [2.24, 2.45) is 0 Å². The van der Waals surface area contributed by atoms with E-state index in [1.165, 1.54) is 18.6 Å². The number of amides is 1. The lowest BCUT2D eigenvalue weighted by molar-refractivity contribution is 0.0927. The van der Waals surface area contributed by atoms with Gasteiger partial charge in [-0.15, -0.1) is 0 Å². The average Bonchev–Trinajstić information content (AvgIpc) is 3.15. The third-order valence-electron chi connectivity index (χ3n) is 4.95. The number of carbonyl (C=O) groups is 1. The number of hydrogen-bond donors (Lipinski definition) is 2. The molecule has 0 aromatic heterocycles. The molecule has 1 aliphatic heterocycles. The largest absolute Gasteiger partial charge is 0.377 e. The minimum atomic E-state index is -3.81. The summed E-state index contributed by atoms with van der Waals surface area (Å²) in [6.07, 6.45) is 7.01. The molecule has 1 saturated heterocycles. The molecule has 1 unspecified atom stereocenters. The normalized spacial score (nSPS) is 21.7. The van der Waals surface area contributed by atoms with E-state index in [0.717, 1.165) is 38.5 Å². The van der Waals surface area contributed by atoms with Gasteiger partial charge in [0.05, 0.1) is 11.1 Å². The smallest absolute Gasteiger partial charge is 0.251 e. The van der Waals surface area contributed by atoms with Crippen LogP contribution in [0, 0.1) is 0 Å². The zero-order chi connectivity index (χ0) is 18.6. The molecule has 1 aromatic rings. The van der Waals surface area contributed by atoms with Crippen LogP contribution in [-0.4, -0.2) is 39.6 Å². The van der Waals surface area contributed by atoms with Crippen molar-refractivity contribution in [2.45, 2.75) is 62.0 Å². The summed E-state index contributed by atoms with van der Waals surface area (Å²) in [4.78, 5) is 12.4. The minimum absolute atomic E-state index is 0.0755. The van der Waals surface area contributed by atoms with Gasteiger partial charge in [0.15, 0.2) is 0 Å². The highest BCUT2D eigenvalue weighted by Gasteiger charge is 2.24. The Kier molecular flexibility index (Phi) is 6.55. The topological polar surface area (TPSA) is 84.5 Å². The van der Waals surface area contributed by atoms with E-state index in [1.54, 1.807) is 6.07 Å². The summed E-state index contributed by atoms with van der Waals surface area (Å²) in [5.74, 6) is -0.260. The summed E-state index contributed by atoms with van der Waals surface area (Å²) in [6, 6.07) is 4.51. The molecule has 0 bridgehead atoms. The summed E-state index contributed by atoms with van der Waals surface area (Å²) in [5.41, 5.74) is 0.303. The van der Waals surface area contributed by atoms with Crippen molar-refractivity contribution in [1.82, 2.24) is 10.0 Å². The van der Waals surface area contributed by atoms with Gasteiger partial charge in [0.1, 0.15) is 4.90 Å². The molecule has 2 aliphatic rings. The highest BCUT2D eigenvalue weighted by atomic mass is 35.5. The van der Waals surface area contributed by atoms with Crippen LogP contribution in [0.25, 0.3) is 0 Å².